The number of sulfonamides is 1. The third kappa shape index (κ3) is 3.51. The summed E-state index contributed by atoms with van der Waals surface area (Å²) in [5, 5.41) is 9.79. The Balaban J connectivity index is 2.34. The van der Waals surface area contributed by atoms with E-state index in [1.165, 1.54) is 5.56 Å². The lowest BCUT2D eigenvalue weighted by atomic mass is 10.1. The molecular weight excluding hydrogens is 286 g/mol. The molecule has 2 rings (SSSR count). The molecule has 0 aliphatic rings. The van der Waals surface area contributed by atoms with Gasteiger partial charge in [0.05, 0.1) is 11.4 Å². The van der Waals surface area contributed by atoms with E-state index < -0.39 is 10.0 Å². The van der Waals surface area contributed by atoms with Crippen LogP contribution < -0.4 is 5.14 Å². The molecule has 114 valence electrons. The molecule has 6 heteroatoms. The number of rotatable bonds is 6. The van der Waals surface area contributed by atoms with Gasteiger partial charge < -0.3 is 0 Å². The predicted molar refractivity (Wildman–Crippen MR) is 82.5 cm³/mol. The van der Waals surface area contributed by atoms with Gasteiger partial charge in [0.25, 0.3) is 0 Å². The molecule has 0 atom stereocenters. The van der Waals surface area contributed by atoms with E-state index in [0.29, 0.717) is 30.8 Å². The fourth-order valence-corrected chi connectivity index (χ4v) is 3.59. The molecule has 0 amide bonds. The first-order valence-corrected chi connectivity index (χ1v) is 8.67. The second-order valence-electron chi connectivity index (χ2n) is 4.93. The van der Waals surface area contributed by atoms with Crippen LogP contribution in [0.15, 0.2) is 35.2 Å². The van der Waals surface area contributed by atoms with Gasteiger partial charge in [-0.25, -0.2) is 13.6 Å². The minimum atomic E-state index is -3.73. The maximum Gasteiger partial charge on any atom is 0.241 e. The molecule has 0 saturated carbocycles. The molecule has 21 heavy (non-hydrogen) atoms. The summed E-state index contributed by atoms with van der Waals surface area (Å²) < 4.78 is 25.4. The zero-order chi connectivity index (χ0) is 15.5. The molecule has 5 nitrogen and oxygen atoms in total. The van der Waals surface area contributed by atoms with Crippen molar-refractivity contribution in [3.8, 4) is 0 Å². The van der Waals surface area contributed by atoms with Crippen molar-refractivity contribution < 1.29 is 8.42 Å². The molecule has 2 N–H and O–H groups in total. The first-order chi connectivity index (χ1) is 9.97. The smallest absolute Gasteiger partial charge is 0.241 e. The van der Waals surface area contributed by atoms with Gasteiger partial charge in [-0.15, -0.1) is 0 Å². The Morgan fingerprint density at radius 3 is 2.33 bits per heavy atom. The second-order valence-corrected chi connectivity index (χ2v) is 6.43. The summed E-state index contributed by atoms with van der Waals surface area (Å²) in [6, 6.07) is 10.1. The summed E-state index contributed by atoms with van der Waals surface area (Å²) in [5.74, 6) is 0. The second kappa shape index (κ2) is 6.41. The Kier molecular flexibility index (Phi) is 4.80. The molecule has 0 radical (unpaired) electrons. The van der Waals surface area contributed by atoms with E-state index in [1.807, 2.05) is 32.0 Å². The molecule has 1 aromatic heterocycles. The van der Waals surface area contributed by atoms with Crippen molar-refractivity contribution in [1.29, 1.82) is 0 Å². The number of benzene rings is 1. The summed E-state index contributed by atoms with van der Waals surface area (Å²) in [4.78, 5) is 0.209. The SMILES string of the molecule is CCc1nn(CCc2ccccc2)c(CC)c1S(N)(=O)=O. The van der Waals surface area contributed by atoms with E-state index in [9.17, 15) is 8.42 Å². The molecule has 0 aliphatic carbocycles. The van der Waals surface area contributed by atoms with Gasteiger partial charge in [-0.1, -0.05) is 44.2 Å². The van der Waals surface area contributed by atoms with Gasteiger partial charge in [0, 0.05) is 6.54 Å². The van der Waals surface area contributed by atoms with Crippen LogP contribution in [0.1, 0.15) is 30.8 Å². The van der Waals surface area contributed by atoms with Crippen LogP contribution in [-0.2, 0) is 35.8 Å². The van der Waals surface area contributed by atoms with Crippen LogP contribution in [0, 0.1) is 0 Å². The lowest BCUT2D eigenvalue weighted by Gasteiger charge is -2.07. The van der Waals surface area contributed by atoms with Crippen molar-refractivity contribution in [3.05, 3.63) is 47.3 Å². The van der Waals surface area contributed by atoms with Gasteiger partial charge in [-0.3, -0.25) is 4.68 Å². The summed E-state index contributed by atoms with van der Waals surface area (Å²) in [7, 11) is -3.73. The highest BCUT2D eigenvalue weighted by atomic mass is 32.2. The van der Waals surface area contributed by atoms with Gasteiger partial charge in [0.2, 0.25) is 10.0 Å². The monoisotopic (exact) mass is 307 g/mol. The number of nitrogens with zero attached hydrogens (tertiary/aromatic N) is 2. The normalized spacial score (nSPS) is 11.8. The first-order valence-electron chi connectivity index (χ1n) is 7.12. The Morgan fingerprint density at radius 1 is 1.14 bits per heavy atom. The molecule has 1 aromatic carbocycles. The fraction of sp³-hybridized carbons (Fsp3) is 0.400. The Bertz CT molecular complexity index is 706. The lowest BCUT2D eigenvalue weighted by molar-refractivity contribution is 0.576. The van der Waals surface area contributed by atoms with Gasteiger partial charge in [0.1, 0.15) is 4.90 Å². The van der Waals surface area contributed by atoms with Crippen LogP contribution in [-0.4, -0.2) is 18.2 Å². The van der Waals surface area contributed by atoms with Crippen LogP contribution in [0.4, 0.5) is 0 Å². The minimum Gasteiger partial charge on any atom is -0.268 e. The van der Waals surface area contributed by atoms with Gasteiger partial charge >= 0.3 is 0 Å². The van der Waals surface area contributed by atoms with Crippen LogP contribution in [0.5, 0.6) is 0 Å². The highest BCUT2D eigenvalue weighted by Crippen LogP contribution is 2.21. The molecule has 0 saturated heterocycles. The van der Waals surface area contributed by atoms with Crippen LogP contribution in [0.25, 0.3) is 0 Å². The Morgan fingerprint density at radius 2 is 1.81 bits per heavy atom. The Labute approximate surface area is 125 Å². The van der Waals surface area contributed by atoms with Crippen LogP contribution >= 0.6 is 0 Å². The van der Waals surface area contributed by atoms with Crippen molar-refractivity contribution in [1.82, 2.24) is 9.78 Å². The van der Waals surface area contributed by atoms with E-state index in [-0.39, 0.29) is 4.90 Å². The highest BCUT2D eigenvalue weighted by Gasteiger charge is 2.23. The average Bonchev–Trinajstić information content (AvgIpc) is 2.84. The minimum absolute atomic E-state index is 0.209. The predicted octanol–water partition coefficient (Wildman–Crippen LogP) is 1.90. The van der Waals surface area contributed by atoms with Crippen molar-refractivity contribution in [3.63, 3.8) is 0 Å². The molecule has 0 unspecified atom stereocenters. The maximum absolute atomic E-state index is 11.8. The van der Waals surface area contributed by atoms with E-state index in [1.54, 1.807) is 4.68 Å². The van der Waals surface area contributed by atoms with E-state index in [4.69, 9.17) is 5.14 Å². The first kappa shape index (κ1) is 15.7. The van der Waals surface area contributed by atoms with Crippen molar-refractivity contribution in [2.24, 2.45) is 5.14 Å². The topological polar surface area (TPSA) is 78.0 Å². The molecule has 0 fully saturated rings. The molecule has 2 aromatic rings. The summed E-state index contributed by atoms with van der Waals surface area (Å²) in [6.07, 6.45) is 1.95. The molecule has 1 heterocycles. The van der Waals surface area contributed by atoms with Crippen molar-refractivity contribution >= 4 is 10.0 Å². The Hall–Kier alpha value is -1.66. The van der Waals surface area contributed by atoms with E-state index in [2.05, 4.69) is 17.2 Å². The standard InChI is InChI=1S/C15H21N3O2S/c1-3-13-15(21(16,19)20)14(4-2)18(17-13)11-10-12-8-6-5-7-9-12/h5-9H,3-4,10-11H2,1-2H3,(H2,16,19,20). The summed E-state index contributed by atoms with van der Waals surface area (Å²) in [6.45, 7) is 4.46. The lowest BCUT2D eigenvalue weighted by Crippen LogP contribution is -2.16. The van der Waals surface area contributed by atoms with E-state index >= 15 is 0 Å². The van der Waals surface area contributed by atoms with Crippen LogP contribution in [0.2, 0.25) is 0 Å². The third-order valence-electron chi connectivity index (χ3n) is 3.49. The molecule has 0 aliphatic heterocycles. The maximum atomic E-state index is 11.8. The largest absolute Gasteiger partial charge is 0.268 e. The van der Waals surface area contributed by atoms with E-state index in [0.717, 1.165) is 6.42 Å². The zero-order valence-electron chi connectivity index (χ0n) is 12.4. The zero-order valence-corrected chi connectivity index (χ0v) is 13.2. The van der Waals surface area contributed by atoms with Gasteiger partial charge in [-0.05, 0) is 24.8 Å². The van der Waals surface area contributed by atoms with Crippen molar-refractivity contribution in [2.45, 2.75) is 44.6 Å². The van der Waals surface area contributed by atoms with Gasteiger partial charge in [0.15, 0.2) is 0 Å². The van der Waals surface area contributed by atoms with Crippen molar-refractivity contribution in [2.75, 3.05) is 0 Å². The number of aryl methyl sites for hydroxylation is 3. The summed E-state index contributed by atoms with van der Waals surface area (Å²) >= 11 is 0. The fourth-order valence-electron chi connectivity index (χ4n) is 2.50. The number of hydrogen-bond donors (Lipinski definition) is 1. The molecular formula is C15H21N3O2S. The number of nitrogens with two attached hydrogens (primary N) is 1. The number of hydrogen-bond acceptors (Lipinski definition) is 3. The quantitative estimate of drug-likeness (QED) is 0.885. The van der Waals surface area contributed by atoms with Gasteiger partial charge in [-0.2, -0.15) is 5.10 Å². The molecule has 0 bridgehead atoms. The van der Waals surface area contributed by atoms with Crippen LogP contribution in [0.3, 0.4) is 0 Å². The average molecular weight is 307 g/mol. The molecule has 0 spiro atoms. The number of primary sulfonamides is 1. The third-order valence-corrected chi connectivity index (χ3v) is 4.53. The number of aromatic nitrogens is 2. The highest BCUT2D eigenvalue weighted by molar-refractivity contribution is 7.89. The summed E-state index contributed by atoms with van der Waals surface area (Å²) in [5.41, 5.74) is 2.46.